The summed E-state index contributed by atoms with van der Waals surface area (Å²) in [5.74, 6) is 0. The van der Waals surface area contributed by atoms with E-state index in [0.717, 1.165) is 5.57 Å². The molecule has 0 atom stereocenters. The fourth-order valence-electron chi connectivity index (χ4n) is 0.878. The molecule has 0 aliphatic carbocycles. The van der Waals surface area contributed by atoms with Crippen molar-refractivity contribution in [3.63, 3.8) is 0 Å². The molecule has 0 fully saturated rings. The van der Waals surface area contributed by atoms with Crippen LogP contribution in [0.25, 0.3) is 0 Å². The van der Waals surface area contributed by atoms with Gasteiger partial charge in [-0.3, -0.25) is 0 Å². The van der Waals surface area contributed by atoms with E-state index in [0.29, 0.717) is 0 Å². The van der Waals surface area contributed by atoms with E-state index in [4.69, 9.17) is 11.6 Å². The van der Waals surface area contributed by atoms with Gasteiger partial charge in [0.2, 0.25) is 15.3 Å². The van der Waals surface area contributed by atoms with Crippen molar-refractivity contribution in [3.05, 3.63) is 29.3 Å². The van der Waals surface area contributed by atoms with Crippen LogP contribution in [0.2, 0.25) is 5.28 Å². The van der Waals surface area contributed by atoms with Gasteiger partial charge in [0.25, 0.3) is 0 Å². The number of halogens is 1. The highest BCUT2D eigenvalue weighted by atomic mass is 35.5. The third-order valence-corrected chi connectivity index (χ3v) is 3.26. The molecule has 0 bridgehead atoms. The maximum atomic E-state index is 11.7. The lowest BCUT2D eigenvalue weighted by Gasteiger charge is -2.03. The largest absolute Gasteiger partial charge is 0.243 e. The van der Waals surface area contributed by atoms with Crippen LogP contribution in [-0.2, 0) is 10.0 Å². The van der Waals surface area contributed by atoms with Crippen molar-refractivity contribution in [1.29, 1.82) is 0 Å². The number of aromatic nitrogens is 2. The van der Waals surface area contributed by atoms with Gasteiger partial charge in [-0.2, -0.15) is 0 Å². The molecular formula is C9H12ClN3O2S. The van der Waals surface area contributed by atoms with Crippen LogP contribution in [0.5, 0.6) is 0 Å². The zero-order chi connectivity index (χ0) is 12.2. The Morgan fingerprint density at radius 2 is 2.00 bits per heavy atom. The highest BCUT2D eigenvalue weighted by Crippen LogP contribution is 2.07. The quantitative estimate of drug-likeness (QED) is 0.656. The smallest absolute Gasteiger partial charge is 0.225 e. The summed E-state index contributed by atoms with van der Waals surface area (Å²) in [5.41, 5.74) is 1.04. The van der Waals surface area contributed by atoms with Gasteiger partial charge in [-0.05, 0) is 25.4 Å². The van der Waals surface area contributed by atoms with Gasteiger partial charge in [-0.15, -0.1) is 0 Å². The molecule has 1 aromatic heterocycles. The van der Waals surface area contributed by atoms with Gasteiger partial charge in [0.1, 0.15) is 4.90 Å². The Kier molecular flexibility index (Phi) is 4.40. The van der Waals surface area contributed by atoms with Gasteiger partial charge in [0.15, 0.2) is 0 Å². The number of nitrogens with one attached hydrogen (secondary N) is 1. The van der Waals surface area contributed by atoms with Gasteiger partial charge in [0, 0.05) is 6.54 Å². The summed E-state index contributed by atoms with van der Waals surface area (Å²) < 4.78 is 25.7. The Hall–Kier alpha value is -0.980. The Balaban J connectivity index is 2.78. The van der Waals surface area contributed by atoms with E-state index in [9.17, 15) is 8.42 Å². The molecule has 0 radical (unpaired) electrons. The molecule has 0 amide bonds. The summed E-state index contributed by atoms with van der Waals surface area (Å²) in [7, 11) is -3.55. The Morgan fingerprint density at radius 3 is 2.50 bits per heavy atom. The molecule has 16 heavy (non-hydrogen) atoms. The summed E-state index contributed by atoms with van der Waals surface area (Å²) in [5, 5.41) is 0.0169. The number of sulfonamides is 1. The zero-order valence-electron chi connectivity index (χ0n) is 8.94. The summed E-state index contributed by atoms with van der Waals surface area (Å²) in [6.45, 7) is 4.02. The minimum atomic E-state index is -3.55. The first-order chi connectivity index (χ1) is 7.42. The molecule has 0 aliphatic heterocycles. The van der Waals surface area contributed by atoms with Crippen molar-refractivity contribution in [2.75, 3.05) is 6.54 Å². The van der Waals surface area contributed by atoms with Crippen LogP contribution in [0.4, 0.5) is 0 Å². The fraction of sp³-hybridized carbons (Fsp3) is 0.333. The van der Waals surface area contributed by atoms with Crippen LogP contribution in [0.15, 0.2) is 28.9 Å². The van der Waals surface area contributed by atoms with Crippen LogP contribution in [0.1, 0.15) is 13.8 Å². The highest BCUT2D eigenvalue weighted by molar-refractivity contribution is 7.89. The number of hydrogen-bond acceptors (Lipinski definition) is 4. The topological polar surface area (TPSA) is 72.0 Å². The molecule has 88 valence electrons. The molecule has 1 rings (SSSR count). The summed E-state index contributed by atoms with van der Waals surface area (Å²) in [6, 6.07) is 0. The Morgan fingerprint density at radius 1 is 1.44 bits per heavy atom. The molecule has 0 saturated carbocycles. The second kappa shape index (κ2) is 5.38. The second-order valence-electron chi connectivity index (χ2n) is 3.32. The van der Waals surface area contributed by atoms with Gasteiger partial charge in [0.05, 0.1) is 12.4 Å². The van der Waals surface area contributed by atoms with Crippen LogP contribution in [0.3, 0.4) is 0 Å². The minimum Gasteiger partial charge on any atom is -0.225 e. The van der Waals surface area contributed by atoms with Gasteiger partial charge in [-0.25, -0.2) is 23.1 Å². The molecule has 1 N–H and O–H groups in total. The first kappa shape index (κ1) is 13.1. The highest BCUT2D eigenvalue weighted by Gasteiger charge is 2.13. The van der Waals surface area contributed by atoms with Crippen molar-refractivity contribution in [2.24, 2.45) is 0 Å². The lowest BCUT2D eigenvalue weighted by molar-refractivity contribution is 0.584. The van der Waals surface area contributed by atoms with Crippen molar-refractivity contribution >= 4 is 21.6 Å². The van der Waals surface area contributed by atoms with Gasteiger partial charge < -0.3 is 0 Å². The summed E-state index contributed by atoms with van der Waals surface area (Å²) in [6.07, 6.45) is 4.11. The summed E-state index contributed by atoms with van der Waals surface area (Å²) >= 11 is 5.46. The van der Waals surface area contributed by atoms with Crippen LogP contribution in [-0.4, -0.2) is 24.9 Å². The number of nitrogens with zero attached hydrogens (tertiary/aromatic N) is 2. The number of allylic oxidation sites excluding steroid dienone is 1. The van der Waals surface area contributed by atoms with E-state index in [1.165, 1.54) is 12.4 Å². The molecule has 7 heteroatoms. The molecule has 1 heterocycles. The van der Waals surface area contributed by atoms with Crippen molar-refractivity contribution in [2.45, 2.75) is 18.7 Å². The van der Waals surface area contributed by atoms with E-state index >= 15 is 0 Å². The van der Waals surface area contributed by atoms with Crippen LogP contribution >= 0.6 is 11.6 Å². The van der Waals surface area contributed by atoms with E-state index in [1.807, 2.05) is 13.8 Å². The van der Waals surface area contributed by atoms with E-state index < -0.39 is 10.0 Å². The van der Waals surface area contributed by atoms with E-state index in [2.05, 4.69) is 14.7 Å². The maximum Gasteiger partial charge on any atom is 0.243 e. The normalized spacial score (nSPS) is 11.2. The Labute approximate surface area is 99.6 Å². The van der Waals surface area contributed by atoms with Crippen molar-refractivity contribution < 1.29 is 8.42 Å². The standard InChI is InChI=1S/C9H12ClN3O2S/c1-7(2)3-4-13-16(14,15)8-5-11-9(10)12-6-8/h3,5-6,13H,4H2,1-2H3. The van der Waals surface area contributed by atoms with E-state index in [1.54, 1.807) is 6.08 Å². The second-order valence-corrected chi connectivity index (χ2v) is 5.43. The molecule has 5 nitrogen and oxygen atoms in total. The molecule has 0 unspecified atom stereocenters. The average Bonchev–Trinajstić information content (AvgIpc) is 2.17. The lowest BCUT2D eigenvalue weighted by atomic mass is 10.3. The van der Waals surface area contributed by atoms with Gasteiger partial charge >= 0.3 is 0 Å². The SMILES string of the molecule is CC(C)=CCNS(=O)(=O)c1cnc(Cl)nc1. The molecule has 0 aromatic carbocycles. The van der Waals surface area contributed by atoms with Crippen molar-refractivity contribution in [1.82, 2.24) is 14.7 Å². The monoisotopic (exact) mass is 261 g/mol. The Bertz CT molecular complexity index is 478. The van der Waals surface area contributed by atoms with E-state index in [-0.39, 0.29) is 16.7 Å². The molecular weight excluding hydrogens is 250 g/mol. The van der Waals surface area contributed by atoms with Gasteiger partial charge in [-0.1, -0.05) is 11.6 Å². The fourth-order valence-corrected chi connectivity index (χ4v) is 1.83. The molecule has 0 aliphatic rings. The number of hydrogen-bond donors (Lipinski definition) is 1. The lowest BCUT2D eigenvalue weighted by Crippen LogP contribution is -2.24. The third-order valence-electron chi connectivity index (χ3n) is 1.69. The van der Waals surface area contributed by atoms with Crippen molar-refractivity contribution in [3.8, 4) is 0 Å². The predicted molar refractivity (Wildman–Crippen MR) is 61.7 cm³/mol. The predicted octanol–water partition coefficient (Wildman–Crippen LogP) is 1.37. The maximum absolute atomic E-state index is 11.7. The molecule has 1 aromatic rings. The minimum absolute atomic E-state index is 0.000874. The van der Waals surface area contributed by atoms with Crippen LogP contribution in [0, 0.1) is 0 Å². The number of rotatable bonds is 4. The average molecular weight is 262 g/mol. The third kappa shape index (κ3) is 3.88. The molecule has 0 spiro atoms. The molecule has 0 saturated heterocycles. The first-order valence-electron chi connectivity index (χ1n) is 4.52. The summed E-state index contributed by atoms with van der Waals surface area (Å²) in [4.78, 5) is 7.22. The van der Waals surface area contributed by atoms with Crippen LogP contribution < -0.4 is 4.72 Å². The zero-order valence-corrected chi connectivity index (χ0v) is 10.5. The first-order valence-corrected chi connectivity index (χ1v) is 6.38.